The predicted octanol–water partition coefficient (Wildman–Crippen LogP) is 3.69. The summed E-state index contributed by atoms with van der Waals surface area (Å²) in [7, 11) is 0. The van der Waals surface area contributed by atoms with Crippen molar-refractivity contribution in [1.82, 2.24) is 10.1 Å². The minimum absolute atomic E-state index is 0.244. The highest BCUT2D eigenvalue weighted by Gasteiger charge is 2.08. The Balaban J connectivity index is 2.10. The van der Waals surface area contributed by atoms with Crippen molar-refractivity contribution in [1.29, 1.82) is 0 Å². The van der Waals surface area contributed by atoms with Gasteiger partial charge in [0.25, 0.3) is 0 Å². The van der Waals surface area contributed by atoms with Gasteiger partial charge >= 0.3 is 0 Å². The van der Waals surface area contributed by atoms with Gasteiger partial charge in [0.15, 0.2) is 0 Å². The number of alkyl halides is 1. The number of halogens is 1. The van der Waals surface area contributed by atoms with E-state index < -0.39 is 0 Å². The highest BCUT2D eigenvalue weighted by Crippen LogP contribution is 2.26. The second-order valence-electron chi connectivity index (χ2n) is 3.32. The van der Waals surface area contributed by atoms with Crippen molar-refractivity contribution in [2.45, 2.75) is 5.88 Å². The lowest BCUT2D eigenvalue weighted by Gasteiger charge is -1.94. The van der Waals surface area contributed by atoms with E-state index >= 15 is 0 Å². The fraction of sp³-hybridized carbons (Fsp3) is 0.0909. The molecule has 2 heterocycles. The van der Waals surface area contributed by atoms with Crippen LogP contribution in [0.2, 0.25) is 0 Å². The SMILES string of the molecule is ClCc1nc(-c2ccc3ccsc3c2)no1. The van der Waals surface area contributed by atoms with Crippen LogP contribution in [0.1, 0.15) is 5.89 Å². The summed E-state index contributed by atoms with van der Waals surface area (Å²) in [6.45, 7) is 0. The van der Waals surface area contributed by atoms with E-state index in [0.717, 1.165) is 5.56 Å². The van der Waals surface area contributed by atoms with E-state index in [1.54, 1.807) is 11.3 Å². The molecule has 0 saturated heterocycles. The Morgan fingerprint density at radius 2 is 2.25 bits per heavy atom. The number of rotatable bonds is 2. The molecule has 0 unspecified atom stereocenters. The number of hydrogen-bond acceptors (Lipinski definition) is 4. The largest absolute Gasteiger partial charge is 0.338 e. The lowest BCUT2D eigenvalue weighted by Crippen LogP contribution is -1.80. The molecular formula is C11H7ClN2OS. The van der Waals surface area contributed by atoms with Crippen LogP contribution in [0.5, 0.6) is 0 Å². The Labute approximate surface area is 101 Å². The van der Waals surface area contributed by atoms with Crippen LogP contribution in [0.25, 0.3) is 21.5 Å². The van der Waals surface area contributed by atoms with Crippen molar-refractivity contribution in [3.8, 4) is 11.4 Å². The molecule has 5 heteroatoms. The summed E-state index contributed by atoms with van der Waals surface area (Å²) in [6.07, 6.45) is 0. The molecular weight excluding hydrogens is 244 g/mol. The maximum Gasteiger partial charge on any atom is 0.241 e. The zero-order chi connectivity index (χ0) is 11.0. The van der Waals surface area contributed by atoms with Gasteiger partial charge in [0.1, 0.15) is 5.88 Å². The Bertz CT molecular complexity index is 631. The van der Waals surface area contributed by atoms with E-state index in [-0.39, 0.29) is 5.88 Å². The van der Waals surface area contributed by atoms with E-state index in [1.165, 1.54) is 10.1 Å². The summed E-state index contributed by atoms with van der Waals surface area (Å²) in [6, 6.07) is 8.18. The molecule has 0 amide bonds. The summed E-state index contributed by atoms with van der Waals surface area (Å²) in [5, 5.41) is 7.18. The van der Waals surface area contributed by atoms with Crippen molar-refractivity contribution in [3.05, 3.63) is 35.5 Å². The first-order valence-corrected chi connectivity index (χ1v) is 6.14. The zero-order valence-electron chi connectivity index (χ0n) is 8.18. The molecule has 0 radical (unpaired) electrons. The molecule has 3 aromatic rings. The minimum Gasteiger partial charge on any atom is -0.338 e. The summed E-state index contributed by atoms with van der Waals surface area (Å²) >= 11 is 7.31. The molecule has 1 aromatic carbocycles. The Morgan fingerprint density at radius 1 is 1.31 bits per heavy atom. The van der Waals surface area contributed by atoms with E-state index in [1.807, 2.05) is 6.07 Å². The maximum atomic E-state index is 5.61. The molecule has 0 aliphatic carbocycles. The van der Waals surface area contributed by atoms with Crippen molar-refractivity contribution in [2.24, 2.45) is 0 Å². The molecule has 0 aliphatic rings. The average Bonchev–Trinajstić information content (AvgIpc) is 2.96. The van der Waals surface area contributed by atoms with Gasteiger partial charge in [0.2, 0.25) is 11.7 Å². The third-order valence-electron chi connectivity index (χ3n) is 2.30. The van der Waals surface area contributed by atoms with E-state index in [4.69, 9.17) is 16.1 Å². The van der Waals surface area contributed by atoms with Crippen LogP contribution >= 0.6 is 22.9 Å². The van der Waals surface area contributed by atoms with Gasteiger partial charge in [-0.3, -0.25) is 0 Å². The summed E-state index contributed by atoms with van der Waals surface area (Å²) in [5.74, 6) is 1.28. The van der Waals surface area contributed by atoms with Crippen molar-refractivity contribution >= 4 is 33.0 Å². The van der Waals surface area contributed by atoms with Gasteiger partial charge in [0, 0.05) is 10.3 Å². The predicted molar refractivity (Wildman–Crippen MR) is 64.7 cm³/mol. The maximum absolute atomic E-state index is 5.61. The zero-order valence-corrected chi connectivity index (χ0v) is 9.76. The standard InChI is InChI=1S/C11H7ClN2OS/c12-6-10-13-11(14-15-10)8-2-1-7-3-4-16-9(7)5-8/h1-5H,6H2. The molecule has 3 nitrogen and oxygen atoms in total. The molecule has 16 heavy (non-hydrogen) atoms. The molecule has 0 bridgehead atoms. The average molecular weight is 251 g/mol. The fourth-order valence-corrected chi connectivity index (χ4v) is 2.46. The summed E-state index contributed by atoms with van der Waals surface area (Å²) in [5.41, 5.74) is 0.954. The molecule has 2 aromatic heterocycles. The number of aromatic nitrogens is 2. The Hall–Kier alpha value is -1.39. The van der Waals surface area contributed by atoms with Gasteiger partial charge in [-0.25, -0.2) is 0 Å². The Morgan fingerprint density at radius 3 is 3.06 bits per heavy atom. The summed E-state index contributed by atoms with van der Waals surface area (Å²) < 4.78 is 6.19. The summed E-state index contributed by atoms with van der Waals surface area (Å²) in [4.78, 5) is 4.19. The lowest BCUT2D eigenvalue weighted by molar-refractivity contribution is 0.391. The van der Waals surface area contributed by atoms with Crippen LogP contribution in [-0.2, 0) is 5.88 Å². The van der Waals surface area contributed by atoms with Crippen molar-refractivity contribution in [2.75, 3.05) is 0 Å². The smallest absolute Gasteiger partial charge is 0.241 e. The number of thiophene rings is 1. The van der Waals surface area contributed by atoms with Crippen LogP contribution in [0.15, 0.2) is 34.2 Å². The number of nitrogens with zero attached hydrogens (tertiary/aromatic N) is 2. The monoisotopic (exact) mass is 250 g/mol. The third-order valence-corrected chi connectivity index (χ3v) is 3.41. The van der Waals surface area contributed by atoms with Gasteiger partial charge in [0.05, 0.1) is 0 Å². The van der Waals surface area contributed by atoms with Crippen LogP contribution in [0.3, 0.4) is 0 Å². The van der Waals surface area contributed by atoms with Gasteiger partial charge in [-0.05, 0) is 22.9 Å². The minimum atomic E-state index is 0.244. The second-order valence-corrected chi connectivity index (χ2v) is 4.53. The second kappa shape index (κ2) is 3.88. The molecule has 80 valence electrons. The van der Waals surface area contributed by atoms with Crippen LogP contribution in [0, 0.1) is 0 Å². The highest BCUT2D eigenvalue weighted by molar-refractivity contribution is 7.17. The third kappa shape index (κ3) is 1.60. The molecule has 0 N–H and O–H groups in total. The van der Waals surface area contributed by atoms with Gasteiger partial charge in [-0.15, -0.1) is 22.9 Å². The quantitative estimate of drug-likeness (QED) is 0.651. The van der Waals surface area contributed by atoms with Gasteiger partial charge in [-0.2, -0.15) is 4.98 Å². The normalized spacial score (nSPS) is 11.1. The molecule has 3 rings (SSSR count). The van der Waals surface area contributed by atoms with Crippen molar-refractivity contribution in [3.63, 3.8) is 0 Å². The first-order chi connectivity index (χ1) is 7.86. The molecule has 0 fully saturated rings. The Kier molecular flexibility index (Phi) is 2.38. The first kappa shape index (κ1) is 9.81. The van der Waals surface area contributed by atoms with E-state index in [9.17, 15) is 0 Å². The van der Waals surface area contributed by atoms with Crippen molar-refractivity contribution < 1.29 is 4.52 Å². The first-order valence-electron chi connectivity index (χ1n) is 4.73. The van der Waals surface area contributed by atoms with Crippen LogP contribution in [-0.4, -0.2) is 10.1 Å². The fourth-order valence-electron chi connectivity index (χ4n) is 1.52. The molecule has 0 spiro atoms. The number of hydrogen-bond donors (Lipinski definition) is 0. The van der Waals surface area contributed by atoms with Gasteiger partial charge < -0.3 is 4.52 Å². The molecule has 0 aliphatic heterocycles. The molecule has 0 atom stereocenters. The lowest BCUT2D eigenvalue weighted by atomic mass is 10.2. The number of benzene rings is 1. The topological polar surface area (TPSA) is 38.9 Å². The van der Waals surface area contributed by atoms with Crippen LogP contribution in [0.4, 0.5) is 0 Å². The van der Waals surface area contributed by atoms with E-state index in [0.29, 0.717) is 11.7 Å². The van der Waals surface area contributed by atoms with Gasteiger partial charge in [-0.1, -0.05) is 17.3 Å². The molecule has 0 saturated carbocycles. The van der Waals surface area contributed by atoms with E-state index in [2.05, 4.69) is 33.7 Å². The van der Waals surface area contributed by atoms with Crippen LogP contribution < -0.4 is 0 Å². The highest BCUT2D eigenvalue weighted by atomic mass is 35.5. The number of fused-ring (bicyclic) bond motifs is 1.